The second-order valence-corrected chi connectivity index (χ2v) is 5.33. The van der Waals surface area contributed by atoms with Crippen molar-refractivity contribution >= 4 is 21.8 Å². The zero-order valence-electron chi connectivity index (χ0n) is 10.9. The van der Waals surface area contributed by atoms with Gasteiger partial charge in [-0.1, -0.05) is 34.9 Å². The average molecular weight is 315 g/mol. The molecule has 0 spiro atoms. The molecule has 0 heterocycles. The predicted molar refractivity (Wildman–Crippen MR) is 76.6 cm³/mol. The number of nitrogens with two attached hydrogens (primary N) is 1. The van der Waals surface area contributed by atoms with Gasteiger partial charge < -0.3 is 15.3 Å². The van der Waals surface area contributed by atoms with Gasteiger partial charge in [0, 0.05) is 16.5 Å². The Kier molecular flexibility index (Phi) is 5.98. The molecule has 0 aliphatic rings. The lowest BCUT2D eigenvalue weighted by Crippen LogP contribution is -2.14. The van der Waals surface area contributed by atoms with Crippen molar-refractivity contribution < 1.29 is 9.57 Å². The molecule has 1 rings (SSSR count). The van der Waals surface area contributed by atoms with Crippen molar-refractivity contribution in [1.82, 2.24) is 0 Å². The summed E-state index contributed by atoms with van der Waals surface area (Å²) >= 11 is 3.41. The van der Waals surface area contributed by atoms with E-state index in [1.807, 2.05) is 18.2 Å². The minimum absolute atomic E-state index is 0.335. The van der Waals surface area contributed by atoms with Crippen molar-refractivity contribution in [3.63, 3.8) is 0 Å². The molecule has 18 heavy (non-hydrogen) atoms. The number of benzene rings is 1. The van der Waals surface area contributed by atoms with Gasteiger partial charge in [0.05, 0.1) is 7.11 Å². The van der Waals surface area contributed by atoms with Crippen molar-refractivity contribution in [2.24, 2.45) is 16.8 Å². The fraction of sp³-hybridized carbons (Fsp3) is 0.462. The van der Waals surface area contributed by atoms with Crippen molar-refractivity contribution in [2.45, 2.75) is 26.9 Å². The Morgan fingerprint density at radius 2 is 2.17 bits per heavy atom. The van der Waals surface area contributed by atoms with E-state index >= 15 is 0 Å². The Labute approximate surface area is 116 Å². The van der Waals surface area contributed by atoms with Crippen molar-refractivity contribution in [3.8, 4) is 5.75 Å². The van der Waals surface area contributed by atoms with Crippen LogP contribution in [0.3, 0.4) is 0 Å². The van der Waals surface area contributed by atoms with Crippen molar-refractivity contribution in [3.05, 3.63) is 28.2 Å². The summed E-state index contributed by atoms with van der Waals surface area (Å²) in [5.41, 5.74) is 6.65. The maximum Gasteiger partial charge on any atom is 0.146 e. The summed E-state index contributed by atoms with van der Waals surface area (Å²) in [6, 6.07) is 5.73. The van der Waals surface area contributed by atoms with E-state index in [0.29, 0.717) is 18.4 Å². The van der Waals surface area contributed by atoms with Gasteiger partial charge in [-0.25, -0.2) is 0 Å². The molecule has 0 saturated carbocycles. The normalized spacial score (nSPS) is 11.7. The molecule has 0 amide bonds. The molecular weight excluding hydrogens is 296 g/mol. The van der Waals surface area contributed by atoms with Gasteiger partial charge in [0.1, 0.15) is 18.2 Å². The maximum absolute atomic E-state index is 5.72. The van der Waals surface area contributed by atoms with E-state index in [0.717, 1.165) is 22.2 Å². The fourth-order valence-corrected chi connectivity index (χ4v) is 1.91. The number of methoxy groups -OCH3 is 1. The molecule has 0 unspecified atom stereocenters. The van der Waals surface area contributed by atoms with Gasteiger partial charge in [0.25, 0.3) is 0 Å². The molecule has 0 saturated heterocycles. The lowest BCUT2D eigenvalue weighted by molar-refractivity contribution is 0.127. The molecule has 0 bridgehead atoms. The van der Waals surface area contributed by atoms with Gasteiger partial charge in [0.2, 0.25) is 0 Å². The third-order valence-electron chi connectivity index (χ3n) is 2.26. The molecule has 1 aromatic rings. The molecule has 2 N–H and O–H groups in total. The first-order valence-corrected chi connectivity index (χ1v) is 6.59. The standard InChI is InChI=1S/C13H19BrN2O2/c1-9(2)6-13(15)16-18-8-10-7-11(14)4-5-12(10)17-3/h4-5,7,9H,6,8H2,1-3H3,(H2,15,16). The first kappa shape index (κ1) is 14.8. The number of nitrogens with zero attached hydrogens (tertiary/aromatic N) is 1. The highest BCUT2D eigenvalue weighted by Gasteiger charge is 2.04. The second-order valence-electron chi connectivity index (χ2n) is 4.41. The van der Waals surface area contributed by atoms with E-state index in [9.17, 15) is 0 Å². The molecule has 0 aromatic heterocycles. The van der Waals surface area contributed by atoms with E-state index < -0.39 is 0 Å². The highest BCUT2D eigenvalue weighted by atomic mass is 79.9. The van der Waals surface area contributed by atoms with Crippen molar-refractivity contribution in [2.75, 3.05) is 7.11 Å². The maximum atomic E-state index is 5.72. The van der Waals surface area contributed by atoms with Crippen molar-refractivity contribution in [1.29, 1.82) is 0 Å². The van der Waals surface area contributed by atoms with Gasteiger partial charge >= 0.3 is 0 Å². The molecule has 5 heteroatoms. The highest BCUT2D eigenvalue weighted by Crippen LogP contribution is 2.23. The summed E-state index contributed by atoms with van der Waals surface area (Å²) in [4.78, 5) is 5.24. The summed E-state index contributed by atoms with van der Waals surface area (Å²) in [5, 5.41) is 3.89. The molecule has 0 aliphatic heterocycles. The third kappa shape index (κ3) is 4.96. The molecule has 100 valence electrons. The molecule has 4 nitrogen and oxygen atoms in total. The lowest BCUT2D eigenvalue weighted by Gasteiger charge is -2.08. The Balaban J connectivity index is 2.60. The number of amidine groups is 1. The Morgan fingerprint density at radius 3 is 2.78 bits per heavy atom. The van der Waals surface area contributed by atoms with Crippen LogP contribution in [0.15, 0.2) is 27.8 Å². The minimum atomic E-state index is 0.335. The number of ether oxygens (including phenoxy) is 1. The van der Waals surface area contributed by atoms with Crippen LogP contribution in [0.5, 0.6) is 5.75 Å². The van der Waals surface area contributed by atoms with E-state index in [2.05, 4.69) is 34.9 Å². The van der Waals surface area contributed by atoms with Gasteiger partial charge in [-0.15, -0.1) is 0 Å². The predicted octanol–water partition coefficient (Wildman–Crippen LogP) is 3.29. The molecule has 0 radical (unpaired) electrons. The van der Waals surface area contributed by atoms with Crippen LogP contribution in [0, 0.1) is 5.92 Å². The Bertz CT molecular complexity index is 419. The summed E-state index contributed by atoms with van der Waals surface area (Å²) in [7, 11) is 1.63. The smallest absolute Gasteiger partial charge is 0.146 e. The number of rotatable bonds is 6. The number of oxime groups is 1. The van der Waals surface area contributed by atoms with Gasteiger partial charge in [-0.2, -0.15) is 0 Å². The summed E-state index contributed by atoms with van der Waals surface area (Å²) in [5.74, 6) is 1.76. The Morgan fingerprint density at radius 1 is 1.44 bits per heavy atom. The fourth-order valence-electron chi connectivity index (χ4n) is 1.50. The molecular formula is C13H19BrN2O2. The summed E-state index contributed by atoms with van der Waals surface area (Å²) in [6.45, 7) is 4.50. The zero-order chi connectivity index (χ0) is 13.5. The quantitative estimate of drug-likeness (QED) is 0.498. The second kappa shape index (κ2) is 7.26. The molecule has 1 aromatic carbocycles. The average Bonchev–Trinajstić information content (AvgIpc) is 2.28. The van der Waals surface area contributed by atoms with Crippen LogP contribution in [0.1, 0.15) is 25.8 Å². The number of hydrogen-bond donors (Lipinski definition) is 1. The van der Waals surface area contributed by atoms with Crippen LogP contribution in [0.4, 0.5) is 0 Å². The monoisotopic (exact) mass is 314 g/mol. The van der Waals surface area contributed by atoms with Gasteiger partial charge in [0.15, 0.2) is 0 Å². The first-order chi connectivity index (χ1) is 8.52. The molecule has 0 fully saturated rings. The van der Waals surface area contributed by atoms with E-state index in [1.165, 1.54) is 0 Å². The van der Waals surface area contributed by atoms with Crippen LogP contribution >= 0.6 is 15.9 Å². The zero-order valence-corrected chi connectivity index (χ0v) is 12.5. The van der Waals surface area contributed by atoms with E-state index in [-0.39, 0.29) is 0 Å². The lowest BCUT2D eigenvalue weighted by atomic mass is 10.1. The van der Waals surface area contributed by atoms with Crippen LogP contribution in [-0.2, 0) is 11.4 Å². The van der Waals surface area contributed by atoms with Gasteiger partial charge in [-0.05, 0) is 24.1 Å². The summed E-state index contributed by atoms with van der Waals surface area (Å²) in [6.07, 6.45) is 0.732. The Hall–Kier alpha value is -1.23. The topological polar surface area (TPSA) is 56.8 Å². The highest BCUT2D eigenvalue weighted by molar-refractivity contribution is 9.10. The van der Waals surface area contributed by atoms with Crippen LogP contribution < -0.4 is 10.5 Å². The third-order valence-corrected chi connectivity index (χ3v) is 2.75. The number of hydrogen-bond acceptors (Lipinski definition) is 3. The molecule has 0 atom stereocenters. The van der Waals surface area contributed by atoms with Crippen LogP contribution in [0.25, 0.3) is 0 Å². The summed E-state index contributed by atoms with van der Waals surface area (Å²) < 4.78 is 6.22. The first-order valence-electron chi connectivity index (χ1n) is 5.79. The van der Waals surface area contributed by atoms with Gasteiger partial charge in [-0.3, -0.25) is 0 Å². The van der Waals surface area contributed by atoms with E-state index in [1.54, 1.807) is 7.11 Å². The largest absolute Gasteiger partial charge is 0.496 e. The SMILES string of the molecule is COc1ccc(Br)cc1CO/N=C(/N)CC(C)C. The van der Waals surface area contributed by atoms with Crippen LogP contribution in [0.2, 0.25) is 0 Å². The van der Waals surface area contributed by atoms with Crippen LogP contribution in [-0.4, -0.2) is 12.9 Å². The molecule has 0 aliphatic carbocycles. The minimum Gasteiger partial charge on any atom is -0.496 e. The number of halogens is 1. The van der Waals surface area contributed by atoms with E-state index in [4.69, 9.17) is 15.3 Å².